The van der Waals surface area contributed by atoms with Gasteiger partial charge in [-0.15, -0.1) is 9.24 Å². The fourth-order valence-corrected chi connectivity index (χ4v) is 1.17. The third kappa shape index (κ3) is 2.83. The summed E-state index contributed by atoms with van der Waals surface area (Å²) in [5, 5.41) is 1.10. The summed E-state index contributed by atoms with van der Waals surface area (Å²) >= 11 is 0. The van der Waals surface area contributed by atoms with Crippen LogP contribution in [0.4, 0.5) is 0 Å². The summed E-state index contributed by atoms with van der Waals surface area (Å²) in [6.07, 6.45) is 0. The van der Waals surface area contributed by atoms with Crippen LogP contribution in [0.15, 0.2) is 24.3 Å². The van der Waals surface area contributed by atoms with E-state index in [1.54, 1.807) is 0 Å². The van der Waals surface area contributed by atoms with Gasteiger partial charge >= 0.3 is 0 Å². The lowest BCUT2D eigenvalue weighted by Crippen LogP contribution is -2.24. The molecule has 12 heavy (non-hydrogen) atoms. The van der Waals surface area contributed by atoms with Crippen molar-refractivity contribution in [2.75, 3.05) is 0 Å². The van der Waals surface area contributed by atoms with E-state index in [1.807, 2.05) is 45.0 Å². The van der Waals surface area contributed by atoms with E-state index >= 15 is 0 Å². The molecule has 1 unspecified atom stereocenters. The van der Waals surface area contributed by atoms with Gasteiger partial charge in [0.05, 0.1) is 0 Å². The summed E-state index contributed by atoms with van der Waals surface area (Å²) in [6.45, 7) is 6.14. The highest BCUT2D eigenvalue weighted by Gasteiger charge is 2.12. The van der Waals surface area contributed by atoms with E-state index < -0.39 is 0 Å². The second kappa shape index (κ2) is 3.45. The molecule has 0 aromatic heterocycles. The van der Waals surface area contributed by atoms with Crippen LogP contribution in [-0.2, 0) is 0 Å². The predicted molar refractivity (Wildman–Crippen MR) is 56.2 cm³/mol. The SMILES string of the molecule is CC(C)(C)Oc1ccccc1P. The van der Waals surface area contributed by atoms with Crippen LogP contribution in [0.3, 0.4) is 0 Å². The Morgan fingerprint density at radius 1 is 1.17 bits per heavy atom. The summed E-state index contributed by atoms with van der Waals surface area (Å²) in [7, 11) is 2.66. The van der Waals surface area contributed by atoms with Crippen molar-refractivity contribution in [2.24, 2.45) is 0 Å². The molecule has 0 N–H and O–H groups in total. The summed E-state index contributed by atoms with van der Waals surface area (Å²) in [5.74, 6) is 0.940. The molecule has 0 heterocycles. The molecular formula is C10H15OP. The maximum Gasteiger partial charge on any atom is 0.127 e. The molecule has 1 aromatic rings. The third-order valence-electron chi connectivity index (χ3n) is 1.34. The van der Waals surface area contributed by atoms with Crippen LogP contribution in [0.5, 0.6) is 5.75 Å². The quantitative estimate of drug-likeness (QED) is 0.606. The lowest BCUT2D eigenvalue weighted by Gasteiger charge is -2.22. The molecule has 0 amide bonds. The first-order valence-corrected chi connectivity index (χ1v) is 4.60. The van der Waals surface area contributed by atoms with Crippen LogP contribution in [-0.4, -0.2) is 5.60 Å². The van der Waals surface area contributed by atoms with Crippen molar-refractivity contribution in [3.05, 3.63) is 24.3 Å². The van der Waals surface area contributed by atoms with Crippen LogP contribution in [0.25, 0.3) is 0 Å². The third-order valence-corrected chi connectivity index (χ3v) is 1.81. The molecule has 0 spiro atoms. The molecule has 1 atom stereocenters. The molecule has 0 aliphatic heterocycles. The maximum absolute atomic E-state index is 5.71. The molecule has 0 saturated heterocycles. The topological polar surface area (TPSA) is 9.23 Å². The van der Waals surface area contributed by atoms with Crippen molar-refractivity contribution in [3.63, 3.8) is 0 Å². The zero-order chi connectivity index (χ0) is 9.19. The molecule has 0 fully saturated rings. The molecule has 1 aromatic carbocycles. The molecule has 2 heteroatoms. The fraction of sp³-hybridized carbons (Fsp3) is 0.400. The van der Waals surface area contributed by atoms with Crippen molar-refractivity contribution in [1.82, 2.24) is 0 Å². The Morgan fingerprint density at radius 3 is 2.25 bits per heavy atom. The largest absolute Gasteiger partial charge is 0.488 e. The van der Waals surface area contributed by atoms with Crippen LogP contribution < -0.4 is 10.0 Å². The smallest absolute Gasteiger partial charge is 0.127 e. The van der Waals surface area contributed by atoms with Gasteiger partial charge in [0.2, 0.25) is 0 Å². The van der Waals surface area contributed by atoms with Gasteiger partial charge in [0, 0.05) is 5.30 Å². The Morgan fingerprint density at radius 2 is 1.75 bits per heavy atom. The van der Waals surface area contributed by atoms with Gasteiger partial charge in [-0.1, -0.05) is 18.2 Å². The van der Waals surface area contributed by atoms with Crippen molar-refractivity contribution in [2.45, 2.75) is 26.4 Å². The van der Waals surface area contributed by atoms with E-state index in [1.165, 1.54) is 0 Å². The van der Waals surface area contributed by atoms with Gasteiger partial charge in [-0.2, -0.15) is 0 Å². The van der Waals surface area contributed by atoms with Crippen LogP contribution in [0, 0.1) is 0 Å². The van der Waals surface area contributed by atoms with E-state index in [9.17, 15) is 0 Å². The number of hydrogen-bond acceptors (Lipinski definition) is 1. The van der Waals surface area contributed by atoms with Gasteiger partial charge in [-0.05, 0) is 26.8 Å². The molecule has 0 saturated carbocycles. The predicted octanol–water partition coefficient (Wildman–Crippen LogP) is 2.36. The second-order valence-corrected chi connectivity index (χ2v) is 4.37. The molecule has 66 valence electrons. The van der Waals surface area contributed by atoms with Gasteiger partial charge in [0.1, 0.15) is 11.4 Å². The summed E-state index contributed by atoms with van der Waals surface area (Å²) in [5.41, 5.74) is -0.118. The lowest BCUT2D eigenvalue weighted by molar-refractivity contribution is 0.132. The van der Waals surface area contributed by atoms with Crippen LogP contribution in [0.2, 0.25) is 0 Å². The van der Waals surface area contributed by atoms with Gasteiger partial charge in [0.15, 0.2) is 0 Å². The van der Waals surface area contributed by atoms with E-state index in [0.717, 1.165) is 11.1 Å². The van der Waals surface area contributed by atoms with E-state index in [-0.39, 0.29) is 5.60 Å². The Balaban J connectivity index is 2.83. The Labute approximate surface area is 76.3 Å². The lowest BCUT2D eigenvalue weighted by atomic mass is 10.2. The number of rotatable bonds is 1. The average Bonchev–Trinajstić information content (AvgIpc) is 1.91. The van der Waals surface area contributed by atoms with Crippen LogP contribution >= 0.6 is 9.24 Å². The van der Waals surface area contributed by atoms with Gasteiger partial charge < -0.3 is 4.74 Å². The highest BCUT2D eigenvalue weighted by atomic mass is 31.0. The average molecular weight is 182 g/mol. The van der Waals surface area contributed by atoms with Gasteiger partial charge in [0.25, 0.3) is 0 Å². The Bertz CT molecular complexity index is 263. The molecule has 0 radical (unpaired) electrons. The van der Waals surface area contributed by atoms with Crippen molar-refractivity contribution < 1.29 is 4.74 Å². The van der Waals surface area contributed by atoms with Crippen molar-refractivity contribution in [3.8, 4) is 5.75 Å². The van der Waals surface area contributed by atoms with E-state index in [2.05, 4.69) is 9.24 Å². The van der Waals surface area contributed by atoms with E-state index in [4.69, 9.17) is 4.74 Å². The first-order valence-electron chi connectivity index (χ1n) is 4.02. The highest BCUT2D eigenvalue weighted by molar-refractivity contribution is 7.27. The zero-order valence-electron chi connectivity index (χ0n) is 7.79. The molecule has 0 aliphatic rings. The van der Waals surface area contributed by atoms with Gasteiger partial charge in [-0.3, -0.25) is 0 Å². The highest BCUT2D eigenvalue weighted by Crippen LogP contribution is 2.16. The number of hydrogen-bond donors (Lipinski definition) is 0. The minimum absolute atomic E-state index is 0.118. The first kappa shape index (κ1) is 9.54. The monoisotopic (exact) mass is 182 g/mol. The summed E-state index contributed by atoms with van der Waals surface area (Å²) in [6, 6.07) is 7.98. The maximum atomic E-state index is 5.71. The number of para-hydroxylation sites is 1. The van der Waals surface area contributed by atoms with Gasteiger partial charge in [-0.25, -0.2) is 0 Å². The minimum Gasteiger partial charge on any atom is -0.488 e. The zero-order valence-corrected chi connectivity index (χ0v) is 8.95. The number of ether oxygens (including phenoxy) is 1. The Hall–Kier alpha value is -0.550. The molecule has 0 aliphatic carbocycles. The van der Waals surface area contributed by atoms with Crippen molar-refractivity contribution >= 4 is 14.5 Å². The molecule has 1 nitrogen and oxygen atoms in total. The first-order chi connectivity index (χ1) is 5.49. The standard InChI is InChI=1S/C10H15OP/c1-10(2,3)11-8-6-4-5-7-9(8)12/h4-7H,12H2,1-3H3. The Kier molecular flexibility index (Phi) is 2.74. The molecule has 0 bridgehead atoms. The number of benzene rings is 1. The minimum atomic E-state index is -0.118. The fourth-order valence-electron chi connectivity index (χ4n) is 0.903. The van der Waals surface area contributed by atoms with Crippen molar-refractivity contribution in [1.29, 1.82) is 0 Å². The molecular weight excluding hydrogens is 167 g/mol. The van der Waals surface area contributed by atoms with Crippen LogP contribution in [0.1, 0.15) is 20.8 Å². The normalized spacial score (nSPS) is 11.3. The summed E-state index contributed by atoms with van der Waals surface area (Å²) < 4.78 is 5.71. The van der Waals surface area contributed by atoms with E-state index in [0.29, 0.717) is 0 Å². The second-order valence-electron chi connectivity index (χ2n) is 3.75. The summed E-state index contributed by atoms with van der Waals surface area (Å²) in [4.78, 5) is 0. The molecule has 1 rings (SSSR count).